The zero-order valence-corrected chi connectivity index (χ0v) is 12.3. The molecule has 0 radical (unpaired) electrons. The van der Waals surface area contributed by atoms with Gasteiger partial charge in [0.05, 0.1) is 12.2 Å². The average Bonchev–Trinajstić information content (AvgIpc) is 2.49. The number of ether oxygens (including phenoxy) is 1. The highest BCUT2D eigenvalue weighted by Gasteiger charge is 2.23. The van der Waals surface area contributed by atoms with Crippen LogP contribution in [0.15, 0.2) is 24.3 Å². The topological polar surface area (TPSA) is 27.7 Å². The highest BCUT2D eigenvalue weighted by Crippen LogP contribution is 2.28. The molecule has 110 valence electrons. The van der Waals surface area contributed by atoms with Crippen LogP contribution in [0.1, 0.15) is 13.3 Å². The maximum Gasteiger partial charge on any atom is 0.142 e. The van der Waals surface area contributed by atoms with Crippen LogP contribution in [0.3, 0.4) is 0 Å². The molecule has 0 aliphatic carbocycles. The van der Waals surface area contributed by atoms with E-state index in [1.807, 2.05) is 18.2 Å². The molecule has 1 N–H and O–H groups in total. The van der Waals surface area contributed by atoms with Crippen molar-refractivity contribution in [2.75, 3.05) is 51.1 Å². The number of hydrogen-bond acceptors (Lipinski definition) is 4. The first-order valence-corrected chi connectivity index (χ1v) is 7.79. The molecule has 1 aromatic rings. The van der Waals surface area contributed by atoms with E-state index in [1.54, 1.807) is 0 Å². The van der Waals surface area contributed by atoms with Crippen molar-refractivity contribution < 1.29 is 4.74 Å². The molecule has 0 spiro atoms. The first-order chi connectivity index (χ1) is 9.85. The Morgan fingerprint density at radius 3 is 2.70 bits per heavy atom. The van der Waals surface area contributed by atoms with Gasteiger partial charge in [0.25, 0.3) is 0 Å². The fourth-order valence-electron chi connectivity index (χ4n) is 3.06. The number of hydrogen-bond donors (Lipinski definition) is 1. The van der Waals surface area contributed by atoms with Gasteiger partial charge in [0.15, 0.2) is 0 Å². The smallest absolute Gasteiger partial charge is 0.142 e. The molecule has 0 bridgehead atoms. The highest BCUT2D eigenvalue weighted by molar-refractivity contribution is 5.57. The van der Waals surface area contributed by atoms with Crippen molar-refractivity contribution in [3.05, 3.63) is 24.3 Å². The van der Waals surface area contributed by atoms with Gasteiger partial charge in [0.2, 0.25) is 0 Å². The second-order valence-electron chi connectivity index (χ2n) is 5.76. The molecule has 1 fully saturated rings. The number of rotatable bonds is 4. The van der Waals surface area contributed by atoms with Crippen molar-refractivity contribution in [1.82, 2.24) is 9.80 Å². The summed E-state index contributed by atoms with van der Waals surface area (Å²) in [5, 5.41) is 3.47. The number of fused-ring (bicyclic) bond motifs is 1. The summed E-state index contributed by atoms with van der Waals surface area (Å²) in [7, 11) is 0. The molecule has 0 saturated carbocycles. The van der Waals surface area contributed by atoms with Crippen LogP contribution < -0.4 is 10.1 Å². The standard InChI is InChI=1S/C16H25N3O/c1-2-7-18-8-10-19(11-9-18)13-14-12-17-15-5-3-4-6-16(15)20-14/h3-6,14,17H,2,7-13H2,1H3. The van der Waals surface area contributed by atoms with Gasteiger partial charge in [-0.1, -0.05) is 19.1 Å². The van der Waals surface area contributed by atoms with Crippen LogP contribution in [-0.4, -0.2) is 61.7 Å². The third-order valence-corrected chi connectivity index (χ3v) is 4.17. The predicted molar refractivity (Wildman–Crippen MR) is 82.5 cm³/mol. The Balaban J connectivity index is 1.48. The van der Waals surface area contributed by atoms with Gasteiger partial charge in [-0.2, -0.15) is 0 Å². The summed E-state index contributed by atoms with van der Waals surface area (Å²) in [5.41, 5.74) is 1.12. The second-order valence-corrected chi connectivity index (χ2v) is 5.76. The Morgan fingerprint density at radius 2 is 1.90 bits per heavy atom. The summed E-state index contributed by atoms with van der Waals surface area (Å²) in [4.78, 5) is 5.10. The number of para-hydroxylation sites is 2. The first-order valence-electron chi connectivity index (χ1n) is 7.79. The quantitative estimate of drug-likeness (QED) is 0.908. The molecule has 4 heteroatoms. The van der Waals surface area contributed by atoms with Gasteiger partial charge in [-0.3, -0.25) is 4.90 Å². The molecule has 1 atom stereocenters. The summed E-state index contributed by atoms with van der Waals surface area (Å²) < 4.78 is 6.09. The molecule has 2 aliphatic rings. The lowest BCUT2D eigenvalue weighted by Gasteiger charge is -2.37. The van der Waals surface area contributed by atoms with Crippen molar-refractivity contribution >= 4 is 5.69 Å². The van der Waals surface area contributed by atoms with E-state index in [4.69, 9.17) is 4.74 Å². The highest BCUT2D eigenvalue weighted by atomic mass is 16.5. The average molecular weight is 275 g/mol. The van der Waals surface area contributed by atoms with Gasteiger partial charge < -0.3 is 15.0 Å². The first kappa shape index (κ1) is 13.7. The van der Waals surface area contributed by atoms with Crippen LogP contribution in [0.2, 0.25) is 0 Å². The van der Waals surface area contributed by atoms with E-state index in [0.29, 0.717) is 0 Å². The molecule has 2 aliphatic heterocycles. The lowest BCUT2D eigenvalue weighted by Crippen LogP contribution is -2.50. The normalized spacial score (nSPS) is 23.8. The lowest BCUT2D eigenvalue weighted by atomic mass is 10.2. The van der Waals surface area contributed by atoms with Crippen LogP contribution >= 0.6 is 0 Å². The number of piperazine rings is 1. The predicted octanol–water partition coefficient (Wildman–Crippen LogP) is 1.89. The minimum Gasteiger partial charge on any atom is -0.485 e. The monoisotopic (exact) mass is 275 g/mol. The Morgan fingerprint density at radius 1 is 1.15 bits per heavy atom. The van der Waals surface area contributed by atoms with E-state index < -0.39 is 0 Å². The van der Waals surface area contributed by atoms with E-state index in [-0.39, 0.29) is 6.10 Å². The van der Waals surface area contributed by atoms with E-state index >= 15 is 0 Å². The summed E-state index contributed by atoms with van der Waals surface area (Å²) in [6.07, 6.45) is 1.52. The van der Waals surface area contributed by atoms with Gasteiger partial charge >= 0.3 is 0 Å². The number of nitrogens with zero attached hydrogens (tertiary/aromatic N) is 2. The molecule has 3 rings (SSSR count). The van der Waals surface area contributed by atoms with Crippen LogP contribution in [0, 0.1) is 0 Å². The van der Waals surface area contributed by atoms with Crippen LogP contribution in [0.5, 0.6) is 5.75 Å². The minimum atomic E-state index is 0.266. The van der Waals surface area contributed by atoms with E-state index in [9.17, 15) is 0 Å². The molecular weight excluding hydrogens is 250 g/mol. The molecule has 2 heterocycles. The third-order valence-electron chi connectivity index (χ3n) is 4.17. The fraction of sp³-hybridized carbons (Fsp3) is 0.625. The Hall–Kier alpha value is -1.26. The number of nitrogens with one attached hydrogen (secondary N) is 1. The molecule has 4 nitrogen and oxygen atoms in total. The molecular formula is C16H25N3O. The molecule has 0 aromatic heterocycles. The van der Waals surface area contributed by atoms with Gasteiger partial charge in [0, 0.05) is 32.7 Å². The van der Waals surface area contributed by atoms with Crippen molar-refractivity contribution in [3.8, 4) is 5.75 Å². The number of anilines is 1. The Bertz CT molecular complexity index is 429. The fourth-order valence-corrected chi connectivity index (χ4v) is 3.06. The van der Waals surface area contributed by atoms with Gasteiger partial charge in [-0.15, -0.1) is 0 Å². The summed E-state index contributed by atoms with van der Waals surface area (Å²) in [6, 6.07) is 8.21. The molecule has 1 unspecified atom stereocenters. The summed E-state index contributed by atoms with van der Waals surface area (Å²) in [6.45, 7) is 10.2. The van der Waals surface area contributed by atoms with Crippen molar-refractivity contribution in [2.24, 2.45) is 0 Å². The van der Waals surface area contributed by atoms with Gasteiger partial charge in [-0.25, -0.2) is 0 Å². The van der Waals surface area contributed by atoms with Crippen molar-refractivity contribution in [2.45, 2.75) is 19.4 Å². The zero-order valence-electron chi connectivity index (χ0n) is 12.3. The Labute approximate surface area is 121 Å². The van der Waals surface area contributed by atoms with Gasteiger partial charge in [0.1, 0.15) is 11.9 Å². The van der Waals surface area contributed by atoms with Crippen LogP contribution in [-0.2, 0) is 0 Å². The molecule has 1 aromatic carbocycles. The molecule has 0 amide bonds. The Kier molecular flexibility index (Phi) is 4.43. The summed E-state index contributed by atoms with van der Waals surface area (Å²) >= 11 is 0. The van der Waals surface area contributed by atoms with E-state index in [2.05, 4.69) is 28.1 Å². The van der Waals surface area contributed by atoms with Crippen LogP contribution in [0.4, 0.5) is 5.69 Å². The van der Waals surface area contributed by atoms with Crippen LogP contribution in [0.25, 0.3) is 0 Å². The van der Waals surface area contributed by atoms with E-state index in [0.717, 1.165) is 24.5 Å². The largest absolute Gasteiger partial charge is 0.485 e. The number of benzene rings is 1. The van der Waals surface area contributed by atoms with Crippen molar-refractivity contribution in [1.29, 1.82) is 0 Å². The minimum absolute atomic E-state index is 0.266. The van der Waals surface area contributed by atoms with Crippen molar-refractivity contribution in [3.63, 3.8) is 0 Å². The third kappa shape index (κ3) is 3.25. The molecule has 1 saturated heterocycles. The second kappa shape index (κ2) is 6.46. The van der Waals surface area contributed by atoms with E-state index in [1.165, 1.54) is 39.1 Å². The van der Waals surface area contributed by atoms with Gasteiger partial charge in [-0.05, 0) is 25.1 Å². The lowest BCUT2D eigenvalue weighted by molar-refractivity contribution is 0.0862. The maximum atomic E-state index is 6.09. The zero-order chi connectivity index (χ0) is 13.8. The maximum absolute atomic E-state index is 6.09. The SMILES string of the molecule is CCCN1CCN(CC2CNc3ccccc3O2)CC1. The summed E-state index contributed by atoms with van der Waals surface area (Å²) in [5.74, 6) is 0.994. The molecule has 20 heavy (non-hydrogen) atoms.